The number of amides is 1. The number of carbonyl (C=O) groups excluding carboxylic acids is 1. The number of aromatic nitrogens is 3. The fourth-order valence-electron chi connectivity index (χ4n) is 6.35. The third-order valence-electron chi connectivity index (χ3n) is 8.46. The summed E-state index contributed by atoms with van der Waals surface area (Å²) in [4.78, 5) is 31.3. The molecule has 3 aromatic rings. The van der Waals surface area contributed by atoms with Crippen LogP contribution in [0.15, 0.2) is 24.3 Å². The van der Waals surface area contributed by atoms with E-state index in [0.717, 1.165) is 19.0 Å². The van der Waals surface area contributed by atoms with Gasteiger partial charge in [0.25, 0.3) is 0 Å². The van der Waals surface area contributed by atoms with E-state index in [0.29, 0.717) is 25.6 Å². The molecule has 0 saturated carbocycles. The lowest BCUT2D eigenvalue weighted by molar-refractivity contribution is -0.137. The first-order valence-electron chi connectivity index (χ1n) is 14.8. The first-order valence-corrected chi connectivity index (χ1v) is 15.8. The van der Waals surface area contributed by atoms with Crippen LogP contribution in [0.5, 0.6) is 6.01 Å². The molecule has 0 radical (unpaired) electrons. The number of fused-ring (bicyclic) bond motifs is 1. The fraction of sp³-hybridized carbons (Fsp3) is 0.484. The second-order valence-electron chi connectivity index (χ2n) is 12.0. The van der Waals surface area contributed by atoms with Gasteiger partial charge in [-0.25, -0.2) is 9.37 Å². The van der Waals surface area contributed by atoms with Crippen LogP contribution in [0.25, 0.3) is 22.2 Å². The summed E-state index contributed by atoms with van der Waals surface area (Å²) in [6.07, 6.45) is -1.00. The number of anilines is 2. The summed E-state index contributed by atoms with van der Waals surface area (Å²) in [6.45, 7) is 7.35. The summed E-state index contributed by atoms with van der Waals surface area (Å²) in [5, 5.41) is -0.145. The number of allylic oxidation sites excluding steroid dienone is 1. The number of halogens is 6. The number of rotatable bonds is 7. The van der Waals surface area contributed by atoms with Gasteiger partial charge < -0.3 is 20.3 Å². The number of pyridine rings is 1. The fourth-order valence-corrected chi connectivity index (χ4v) is 6.72. The number of ether oxygens (including phenoxy) is 1. The van der Waals surface area contributed by atoms with Crippen LogP contribution in [0.4, 0.5) is 29.2 Å². The Kier molecular flexibility index (Phi) is 9.86. The molecule has 1 aromatic carbocycles. The Morgan fingerprint density at radius 1 is 1.17 bits per heavy atom. The van der Waals surface area contributed by atoms with Crippen LogP contribution in [0.1, 0.15) is 31.4 Å². The summed E-state index contributed by atoms with van der Waals surface area (Å²) in [7, 11) is 1.99. The Hall–Kier alpha value is -3.42. The first kappa shape index (κ1) is 33.9. The number of likely N-dealkylation sites (N-methyl/N-ethyl adjacent to an activating group) is 1. The summed E-state index contributed by atoms with van der Waals surface area (Å²) >= 11 is 12.3. The van der Waals surface area contributed by atoms with Crippen molar-refractivity contribution in [1.82, 2.24) is 24.8 Å². The molecule has 2 aliphatic rings. The Morgan fingerprint density at radius 3 is 2.54 bits per heavy atom. The van der Waals surface area contributed by atoms with Gasteiger partial charge in [-0.2, -0.15) is 23.1 Å². The molecule has 0 spiro atoms. The molecule has 2 aliphatic heterocycles. The second-order valence-corrected chi connectivity index (χ2v) is 12.7. The molecule has 0 bridgehead atoms. The van der Waals surface area contributed by atoms with Gasteiger partial charge in [0, 0.05) is 55.6 Å². The average Bonchev–Trinajstić information content (AvgIpc) is 3.29. The number of alkyl halides is 4. The summed E-state index contributed by atoms with van der Waals surface area (Å²) in [5.74, 6) is -0.577. The maximum Gasteiger partial charge on any atom is 0.418 e. The number of carbonyl (C=O) groups is 1. The van der Waals surface area contributed by atoms with Crippen LogP contribution < -0.4 is 15.4 Å². The Morgan fingerprint density at radius 2 is 1.91 bits per heavy atom. The molecule has 0 aliphatic carbocycles. The predicted octanol–water partition coefficient (Wildman–Crippen LogP) is 5.94. The molecule has 2 fully saturated rings. The number of nitrogens with zero attached hydrogens (tertiary/aromatic N) is 6. The molecule has 46 heavy (non-hydrogen) atoms. The highest BCUT2D eigenvalue weighted by atomic mass is 35.5. The molecule has 2 saturated heterocycles. The average molecular weight is 685 g/mol. The van der Waals surface area contributed by atoms with Gasteiger partial charge in [-0.3, -0.25) is 9.69 Å². The number of hydrogen-bond acceptors (Lipinski definition) is 8. The van der Waals surface area contributed by atoms with Gasteiger partial charge in [0.2, 0.25) is 5.91 Å². The van der Waals surface area contributed by atoms with Crippen molar-refractivity contribution in [2.45, 2.75) is 45.5 Å². The summed E-state index contributed by atoms with van der Waals surface area (Å²) < 4.78 is 65.4. The van der Waals surface area contributed by atoms with Crippen molar-refractivity contribution >= 4 is 51.6 Å². The van der Waals surface area contributed by atoms with Crippen molar-refractivity contribution < 1.29 is 27.1 Å². The third kappa shape index (κ3) is 6.82. The molecule has 4 heterocycles. The third-order valence-corrected chi connectivity index (χ3v) is 8.94. The molecule has 1 amide bonds. The zero-order valence-corrected chi connectivity index (χ0v) is 27.3. The van der Waals surface area contributed by atoms with Gasteiger partial charge in [0.15, 0.2) is 5.82 Å². The highest BCUT2D eigenvalue weighted by Crippen LogP contribution is 2.44. The zero-order valence-electron chi connectivity index (χ0n) is 25.8. The number of benzene rings is 1. The Bertz CT molecular complexity index is 1670. The highest BCUT2D eigenvalue weighted by Gasteiger charge is 2.39. The van der Waals surface area contributed by atoms with E-state index >= 15 is 4.39 Å². The van der Waals surface area contributed by atoms with Crippen molar-refractivity contribution in [2.75, 3.05) is 56.3 Å². The standard InChI is InChI=1S/C31H35Cl2F4N7O2/c1-16-10-19(42(4)13-16)15-46-30-40-27-20(29(41-30)44-9-8-43(14-18(44)3)23(45)6-5-7-32)12-21(33)24(26(27)34)28-25(31(35,36)37)17(2)11-22(38)39-28/h5-6,11-12,16,18-19H,7-10,13-15H2,1-4H3,(H2,38,39)/b6-5+/t16?,18-,19-/m0/s1. The van der Waals surface area contributed by atoms with Gasteiger partial charge in [-0.15, -0.1) is 11.6 Å². The van der Waals surface area contributed by atoms with Crippen molar-refractivity contribution in [2.24, 2.45) is 5.92 Å². The summed E-state index contributed by atoms with van der Waals surface area (Å²) in [6, 6.07) is 2.07. The lowest BCUT2D eigenvalue weighted by atomic mass is 9.99. The van der Waals surface area contributed by atoms with Gasteiger partial charge in [-0.05, 0) is 50.9 Å². The van der Waals surface area contributed by atoms with Gasteiger partial charge in [0.05, 0.1) is 21.8 Å². The molecule has 5 rings (SSSR count). The maximum atomic E-state index is 16.6. The minimum Gasteiger partial charge on any atom is -0.462 e. The van der Waals surface area contributed by atoms with Crippen LogP contribution >= 0.6 is 23.2 Å². The largest absolute Gasteiger partial charge is 0.462 e. The number of hydrogen-bond donors (Lipinski definition) is 1. The second kappa shape index (κ2) is 13.4. The Labute approximate surface area is 274 Å². The predicted molar refractivity (Wildman–Crippen MR) is 171 cm³/mol. The quantitative estimate of drug-likeness (QED) is 0.185. The normalized spacial score (nSPS) is 21.1. The smallest absolute Gasteiger partial charge is 0.418 e. The van der Waals surface area contributed by atoms with Crippen LogP contribution in [0, 0.1) is 18.7 Å². The van der Waals surface area contributed by atoms with Crippen LogP contribution in [-0.2, 0) is 11.0 Å². The van der Waals surface area contributed by atoms with Crippen LogP contribution in [0.3, 0.4) is 0 Å². The summed E-state index contributed by atoms with van der Waals surface area (Å²) in [5.41, 5.74) is 2.86. The first-order chi connectivity index (χ1) is 21.7. The number of nitrogens with two attached hydrogens (primary N) is 1. The molecule has 1 unspecified atom stereocenters. The zero-order chi connectivity index (χ0) is 33.5. The molecular formula is C31H35Cl2F4N7O2. The van der Waals surface area contributed by atoms with Crippen molar-refractivity contribution in [3.8, 4) is 17.3 Å². The number of piperazine rings is 1. The topological polar surface area (TPSA) is 101 Å². The molecule has 15 heteroatoms. The molecular weight excluding hydrogens is 649 g/mol. The minimum absolute atomic E-state index is 0.0757. The van der Waals surface area contributed by atoms with E-state index in [9.17, 15) is 18.0 Å². The molecule has 2 aromatic heterocycles. The van der Waals surface area contributed by atoms with Crippen LogP contribution in [0.2, 0.25) is 5.02 Å². The Balaban J connectivity index is 1.64. The maximum absolute atomic E-state index is 16.6. The van der Waals surface area contributed by atoms with E-state index in [1.807, 2.05) is 18.9 Å². The highest BCUT2D eigenvalue weighted by molar-refractivity contribution is 6.34. The van der Waals surface area contributed by atoms with Crippen LogP contribution in [-0.4, -0.2) is 88.5 Å². The van der Waals surface area contributed by atoms with E-state index in [2.05, 4.69) is 26.8 Å². The molecule has 248 valence electrons. The molecule has 3 atom stereocenters. The van der Waals surface area contributed by atoms with Gasteiger partial charge >= 0.3 is 12.2 Å². The van der Waals surface area contributed by atoms with E-state index in [1.165, 1.54) is 19.1 Å². The number of aryl methyl sites for hydroxylation is 1. The monoisotopic (exact) mass is 683 g/mol. The van der Waals surface area contributed by atoms with E-state index in [1.54, 1.807) is 11.0 Å². The van der Waals surface area contributed by atoms with Crippen molar-refractivity contribution in [1.29, 1.82) is 0 Å². The molecule has 2 N–H and O–H groups in total. The van der Waals surface area contributed by atoms with E-state index in [4.69, 9.17) is 33.7 Å². The van der Waals surface area contributed by atoms with E-state index < -0.39 is 28.8 Å². The minimum atomic E-state index is -4.87. The van der Waals surface area contributed by atoms with Crippen molar-refractivity contribution in [3.05, 3.63) is 46.3 Å². The van der Waals surface area contributed by atoms with E-state index in [-0.39, 0.29) is 69.6 Å². The SMILES string of the molecule is Cc1cc(N)nc(-c2c(Cl)cc3c(N4CCN(C(=O)/C=C/CCl)C[C@@H]4C)nc(OC[C@@H]4CC(C)CN4C)nc3c2F)c1C(F)(F)F. The lowest BCUT2D eigenvalue weighted by Crippen LogP contribution is -2.53. The molecule has 9 nitrogen and oxygen atoms in total. The number of nitrogen functional groups attached to an aromatic ring is 1. The van der Waals surface area contributed by atoms with Gasteiger partial charge in [0.1, 0.15) is 23.8 Å². The van der Waals surface area contributed by atoms with Gasteiger partial charge in [-0.1, -0.05) is 24.6 Å². The van der Waals surface area contributed by atoms with Crippen molar-refractivity contribution in [3.63, 3.8) is 0 Å². The number of likely N-dealkylation sites (tertiary alicyclic amines) is 1. The lowest BCUT2D eigenvalue weighted by Gasteiger charge is -2.40.